The van der Waals surface area contributed by atoms with E-state index in [4.69, 9.17) is 29.8 Å². The summed E-state index contributed by atoms with van der Waals surface area (Å²) in [5, 5.41) is 38.5. The van der Waals surface area contributed by atoms with Gasteiger partial charge in [0.05, 0.1) is 12.1 Å². The van der Waals surface area contributed by atoms with Crippen molar-refractivity contribution in [2.24, 2.45) is 20.8 Å². The maximum absolute atomic E-state index is 10.4. The fraction of sp³-hybridized carbons (Fsp3) is 0.529. The summed E-state index contributed by atoms with van der Waals surface area (Å²) < 4.78 is 0. The Labute approximate surface area is 267 Å². The molecule has 0 bridgehead atoms. The minimum Gasteiger partial charge on any atom is -0.550 e. The van der Waals surface area contributed by atoms with Gasteiger partial charge in [-0.3, -0.25) is 9.98 Å². The second-order valence-electron chi connectivity index (χ2n) is 13.2. The van der Waals surface area contributed by atoms with Crippen molar-refractivity contribution in [2.45, 2.75) is 106 Å². The number of hydrogen-bond acceptors (Lipinski definition) is 8. The van der Waals surface area contributed by atoms with Gasteiger partial charge in [0.2, 0.25) is 0 Å². The number of aromatic hydroxyl groups is 2. The second-order valence-corrected chi connectivity index (χ2v) is 13.2. The molecule has 2 N–H and O–H groups in total. The van der Waals surface area contributed by atoms with Crippen molar-refractivity contribution in [1.29, 1.82) is 0 Å². The summed E-state index contributed by atoms with van der Waals surface area (Å²) in [6, 6.07) is 11.8. The number of carbonyl (C=O) groups excluding carboxylic acids is 2. The van der Waals surface area contributed by atoms with Crippen LogP contribution in [0.15, 0.2) is 46.4 Å². The SMILES string of the molecule is CC(=O)[O-].CC(=O)[O-].CC(C)(C)Cc1ccc(O)c(C=NC2CCCCC2N=Cc2cc(CC(C)(C)C)ccc2O)c1.[Co+2]. The average Bonchev–Trinajstić information content (AvgIpc) is 2.83. The molecule has 1 aliphatic rings. The number of hydrogen-bond donors (Lipinski definition) is 2. The zero-order valence-electron chi connectivity index (χ0n) is 26.8. The zero-order valence-corrected chi connectivity index (χ0v) is 27.8. The van der Waals surface area contributed by atoms with Gasteiger partial charge >= 0.3 is 16.8 Å². The van der Waals surface area contributed by atoms with Gasteiger partial charge in [-0.1, -0.05) is 66.5 Å². The number of carbonyl (C=O) groups is 2. The van der Waals surface area contributed by atoms with Crippen LogP contribution >= 0.6 is 0 Å². The molecule has 0 aliphatic heterocycles. The predicted molar refractivity (Wildman–Crippen MR) is 165 cm³/mol. The number of benzene rings is 2. The number of carboxylic acid groups (broad SMARTS) is 2. The molecule has 2 unspecified atom stereocenters. The van der Waals surface area contributed by atoms with Gasteiger partial charge in [0, 0.05) is 35.5 Å². The molecule has 0 saturated heterocycles. The van der Waals surface area contributed by atoms with Crippen molar-refractivity contribution >= 4 is 24.4 Å². The monoisotopic (exact) mass is 639 g/mol. The van der Waals surface area contributed by atoms with E-state index in [1.165, 1.54) is 11.1 Å². The van der Waals surface area contributed by atoms with E-state index in [2.05, 4.69) is 41.5 Å². The largest absolute Gasteiger partial charge is 2.00 e. The van der Waals surface area contributed by atoms with Crippen molar-refractivity contribution in [1.82, 2.24) is 0 Å². The number of rotatable bonds is 6. The van der Waals surface area contributed by atoms with Crippen LogP contribution < -0.4 is 10.2 Å². The van der Waals surface area contributed by atoms with E-state index in [1.807, 2.05) is 36.7 Å². The van der Waals surface area contributed by atoms with Crippen molar-refractivity contribution in [3.63, 3.8) is 0 Å². The minimum atomic E-state index is -1.08. The molecule has 2 atom stereocenters. The molecule has 3 rings (SSSR count). The summed E-state index contributed by atoms with van der Waals surface area (Å²) in [5.74, 6) is -1.64. The first-order chi connectivity index (χ1) is 19.4. The molecule has 2 aromatic rings. The number of aliphatic carboxylic acids is 2. The molecule has 43 heavy (non-hydrogen) atoms. The number of aliphatic imine (C=N–C) groups is 2. The van der Waals surface area contributed by atoms with E-state index in [-0.39, 0.29) is 51.2 Å². The molecule has 0 spiro atoms. The topological polar surface area (TPSA) is 145 Å². The van der Waals surface area contributed by atoms with Gasteiger partial charge < -0.3 is 30.0 Å². The maximum Gasteiger partial charge on any atom is 2.00 e. The summed E-state index contributed by atoms with van der Waals surface area (Å²) in [6.07, 6.45) is 9.77. The molecule has 0 aromatic heterocycles. The number of nitrogens with zero attached hydrogens (tertiary/aromatic N) is 2. The Morgan fingerprint density at radius 2 is 1.05 bits per heavy atom. The third-order valence-electron chi connectivity index (χ3n) is 6.16. The number of phenolic OH excluding ortho intramolecular Hbond substituents is 2. The normalized spacial score (nSPS) is 16.8. The molecular weight excluding hydrogens is 591 g/mol. The predicted octanol–water partition coefficient (Wildman–Crippen LogP) is 4.63. The quantitative estimate of drug-likeness (QED) is 0.441. The Balaban J connectivity index is 0.00000174. The fourth-order valence-electron chi connectivity index (χ4n) is 4.65. The molecule has 0 amide bonds. The molecule has 239 valence electrons. The van der Waals surface area contributed by atoms with Gasteiger partial charge in [-0.25, -0.2) is 0 Å². The van der Waals surface area contributed by atoms with Crippen LogP contribution in [0.1, 0.15) is 103 Å². The van der Waals surface area contributed by atoms with Crippen LogP contribution in [0.5, 0.6) is 11.5 Å². The standard InChI is InChI=1S/C30H42N2O2.2C2H4O2.Co/c1-29(2,3)17-21-11-13-27(33)23(15-21)19-31-25-9-7-8-10-26(25)32-20-24-16-22(12-14-28(24)34)18-30(4,5)6;2*1-2(3)4;/h11-16,19-20,25-26,33-34H,7-10,17-18H2,1-6H3;2*1H3,(H,3,4);/q;;;+2/p-2. The van der Waals surface area contributed by atoms with Gasteiger partial charge in [0.25, 0.3) is 0 Å². The third-order valence-corrected chi connectivity index (χ3v) is 6.16. The molecule has 1 radical (unpaired) electrons. The first-order valence-corrected chi connectivity index (χ1v) is 14.4. The molecule has 8 nitrogen and oxygen atoms in total. The minimum absolute atomic E-state index is 0. The molecular formula is C34H48CoN2O6. The number of carboxylic acids is 2. The van der Waals surface area contributed by atoms with Crippen molar-refractivity contribution < 1.29 is 46.8 Å². The summed E-state index contributed by atoms with van der Waals surface area (Å²) in [6.45, 7) is 15.2. The van der Waals surface area contributed by atoms with Crippen LogP contribution in [0, 0.1) is 10.8 Å². The summed E-state index contributed by atoms with van der Waals surface area (Å²) in [7, 11) is 0. The van der Waals surface area contributed by atoms with E-state index in [0.29, 0.717) is 0 Å². The fourth-order valence-corrected chi connectivity index (χ4v) is 4.65. The first kappa shape index (κ1) is 39.8. The summed E-state index contributed by atoms with van der Waals surface area (Å²) in [4.78, 5) is 27.5. The molecule has 1 aliphatic carbocycles. The van der Waals surface area contributed by atoms with Crippen LogP contribution in [0.3, 0.4) is 0 Å². The average molecular weight is 640 g/mol. The summed E-state index contributed by atoms with van der Waals surface area (Å²) in [5.41, 5.74) is 4.31. The van der Waals surface area contributed by atoms with Gasteiger partial charge in [-0.2, -0.15) is 0 Å². The van der Waals surface area contributed by atoms with Gasteiger partial charge in [-0.15, -0.1) is 0 Å². The van der Waals surface area contributed by atoms with E-state index < -0.39 is 11.9 Å². The zero-order chi connectivity index (χ0) is 32.1. The Kier molecular flexibility index (Phi) is 17.1. The van der Waals surface area contributed by atoms with Gasteiger partial charge in [0.1, 0.15) is 11.5 Å². The van der Waals surface area contributed by atoms with Crippen LogP contribution in [-0.2, 0) is 39.2 Å². The molecule has 0 heterocycles. The van der Waals surface area contributed by atoms with Crippen LogP contribution in [0.2, 0.25) is 0 Å². The Hall–Kier alpha value is -3.17. The van der Waals surface area contributed by atoms with Gasteiger partial charge in [-0.05, 0) is 85.8 Å². The molecule has 2 aromatic carbocycles. The Morgan fingerprint density at radius 3 is 1.33 bits per heavy atom. The first-order valence-electron chi connectivity index (χ1n) is 14.4. The van der Waals surface area contributed by atoms with Gasteiger partial charge in [0.15, 0.2) is 0 Å². The molecule has 9 heteroatoms. The Bertz CT molecular complexity index is 1120. The van der Waals surface area contributed by atoms with E-state index in [1.54, 1.807) is 12.1 Å². The second kappa shape index (κ2) is 18.5. The van der Waals surface area contributed by atoms with E-state index in [9.17, 15) is 10.2 Å². The summed E-state index contributed by atoms with van der Waals surface area (Å²) >= 11 is 0. The maximum atomic E-state index is 10.4. The van der Waals surface area contributed by atoms with Crippen molar-refractivity contribution in [3.05, 3.63) is 58.7 Å². The molecule has 1 fully saturated rings. The van der Waals surface area contributed by atoms with Crippen molar-refractivity contribution in [2.75, 3.05) is 0 Å². The van der Waals surface area contributed by atoms with Crippen LogP contribution in [0.25, 0.3) is 0 Å². The molecule has 1 saturated carbocycles. The van der Waals surface area contributed by atoms with E-state index >= 15 is 0 Å². The van der Waals surface area contributed by atoms with Crippen LogP contribution in [0.4, 0.5) is 0 Å². The van der Waals surface area contributed by atoms with Crippen LogP contribution in [-0.4, -0.2) is 46.7 Å². The van der Waals surface area contributed by atoms with Crippen molar-refractivity contribution in [3.8, 4) is 11.5 Å². The number of phenols is 2. The van der Waals surface area contributed by atoms with E-state index in [0.717, 1.165) is 63.5 Å². The Morgan fingerprint density at radius 1 is 0.744 bits per heavy atom. The smallest absolute Gasteiger partial charge is 0.550 e. The third kappa shape index (κ3) is 18.2.